The summed E-state index contributed by atoms with van der Waals surface area (Å²) in [7, 11) is 3.13. The molecule has 2 heterocycles. The number of nitrogens with zero attached hydrogens (tertiary/aromatic N) is 2. The molecule has 0 amide bonds. The highest BCUT2D eigenvalue weighted by Crippen LogP contribution is 2.41. The van der Waals surface area contributed by atoms with Crippen LogP contribution in [0.25, 0.3) is 6.08 Å². The first kappa shape index (κ1) is 26.7. The zero-order valence-corrected chi connectivity index (χ0v) is 23.6. The molecular weight excluding hydrogens is 560 g/mol. The number of allylic oxidation sites excluding steroid dienone is 1. The second kappa shape index (κ2) is 11.4. The van der Waals surface area contributed by atoms with E-state index in [1.807, 2.05) is 31.2 Å². The fraction of sp³-hybridized carbons (Fsp3) is 0.296. The molecule has 0 saturated heterocycles. The molecule has 194 valence electrons. The van der Waals surface area contributed by atoms with E-state index in [9.17, 15) is 9.59 Å². The second-order valence-corrected chi connectivity index (χ2v) is 9.87. The van der Waals surface area contributed by atoms with E-state index >= 15 is 0 Å². The van der Waals surface area contributed by atoms with E-state index in [1.54, 1.807) is 46.3 Å². The summed E-state index contributed by atoms with van der Waals surface area (Å²) in [4.78, 5) is 32.1. The summed E-state index contributed by atoms with van der Waals surface area (Å²) in [5.74, 6) is 1.14. The Kier molecular flexibility index (Phi) is 8.19. The van der Waals surface area contributed by atoms with Crippen molar-refractivity contribution >= 4 is 39.3 Å². The molecule has 10 heteroatoms. The van der Waals surface area contributed by atoms with Crippen LogP contribution in [-0.2, 0) is 9.53 Å². The lowest BCUT2D eigenvalue weighted by molar-refractivity contribution is -0.139. The van der Waals surface area contributed by atoms with Crippen molar-refractivity contribution in [3.8, 4) is 17.2 Å². The van der Waals surface area contributed by atoms with Crippen LogP contribution in [0.4, 0.5) is 0 Å². The largest absolute Gasteiger partial charge is 0.496 e. The molecule has 4 rings (SSSR count). The second-order valence-electron chi connectivity index (χ2n) is 8.00. The Labute approximate surface area is 226 Å². The van der Waals surface area contributed by atoms with Gasteiger partial charge in [0.1, 0.15) is 5.75 Å². The highest BCUT2D eigenvalue weighted by atomic mass is 79.9. The lowest BCUT2D eigenvalue weighted by Gasteiger charge is -2.26. The molecule has 0 bridgehead atoms. The number of halogens is 1. The molecular formula is C27H27BrN2O6S. The van der Waals surface area contributed by atoms with Crippen LogP contribution in [-0.4, -0.2) is 38.0 Å². The van der Waals surface area contributed by atoms with Gasteiger partial charge in [0.2, 0.25) is 0 Å². The van der Waals surface area contributed by atoms with E-state index in [0.717, 1.165) is 5.56 Å². The van der Waals surface area contributed by atoms with Crippen molar-refractivity contribution in [2.24, 2.45) is 4.99 Å². The number of hydrogen-bond donors (Lipinski definition) is 0. The maximum absolute atomic E-state index is 13.9. The van der Waals surface area contributed by atoms with Gasteiger partial charge in [0.25, 0.3) is 5.56 Å². The Balaban J connectivity index is 2.01. The van der Waals surface area contributed by atoms with E-state index in [2.05, 4.69) is 20.9 Å². The van der Waals surface area contributed by atoms with Gasteiger partial charge in [-0.25, -0.2) is 9.79 Å². The molecule has 8 nitrogen and oxygen atoms in total. The number of thiazole rings is 1. The molecule has 2 aromatic carbocycles. The van der Waals surface area contributed by atoms with Crippen LogP contribution in [0.1, 0.15) is 37.9 Å². The number of methoxy groups -OCH3 is 2. The van der Waals surface area contributed by atoms with Crippen LogP contribution < -0.4 is 29.1 Å². The number of benzene rings is 2. The fourth-order valence-corrected chi connectivity index (χ4v) is 5.78. The van der Waals surface area contributed by atoms with E-state index in [0.29, 0.717) is 48.9 Å². The lowest BCUT2D eigenvalue weighted by Crippen LogP contribution is -2.40. The van der Waals surface area contributed by atoms with Gasteiger partial charge in [0.05, 0.1) is 49.3 Å². The Morgan fingerprint density at radius 2 is 1.84 bits per heavy atom. The standard InChI is InChI=1S/C27H27BrN2O6S/c1-6-35-21-14-18(28)17(13-20(21)34-5)24-23(26(32)36-7-2)15(3)29-27-30(24)25(31)22(37-27)12-16-10-8-9-11-19(16)33-4/h8-14,24H,6-7H2,1-5H3/b22-12+/t24-/m1/s1. The van der Waals surface area contributed by atoms with Crippen LogP contribution in [0.3, 0.4) is 0 Å². The molecule has 0 fully saturated rings. The molecule has 0 saturated carbocycles. The predicted octanol–water partition coefficient (Wildman–Crippen LogP) is 3.98. The number of para-hydroxylation sites is 1. The van der Waals surface area contributed by atoms with Crippen molar-refractivity contribution in [3.63, 3.8) is 0 Å². The molecule has 0 unspecified atom stereocenters. The van der Waals surface area contributed by atoms with Gasteiger partial charge < -0.3 is 18.9 Å². The molecule has 1 aliphatic rings. The SMILES string of the molecule is CCOC(=O)C1=C(C)N=c2s/c(=C/c3ccccc3OC)c(=O)n2[C@@H]1c1cc(OC)c(OCC)cc1Br. The number of carbonyl (C=O) groups excluding carboxylic acids is 1. The Morgan fingerprint density at radius 3 is 2.51 bits per heavy atom. The van der Waals surface area contributed by atoms with Crippen molar-refractivity contribution in [1.29, 1.82) is 0 Å². The third kappa shape index (κ3) is 5.08. The molecule has 1 aromatic heterocycles. The van der Waals surface area contributed by atoms with Crippen LogP contribution in [0.5, 0.6) is 17.2 Å². The predicted molar refractivity (Wildman–Crippen MR) is 145 cm³/mol. The highest BCUT2D eigenvalue weighted by molar-refractivity contribution is 9.10. The smallest absolute Gasteiger partial charge is 0.338 e. The molecule has 1 atom stereocenters. The van der Waals surface area contributed by atoms with Crippen molar-refractivity contribution in [2.45, 2.75) is 26.8 Å². The monoisotopic (exact) mass is 586 g/mol. The average Bonchev–Trinajstić information content (AvgIpc) is 3.18. The Bertz CT molecular complexity index is 1560. The average molecular weight is 587 g/mol. The van der Waals surface area contributed by atoms with Gasteiger partial charge in [-0.2, -0.15) is 0 Å². The summed E-state index contributed by atoms with van der Waals surface area (Å²) in [6.45, 7) is 6.01. The minimum atomic E-state index is -0.797. The first-order valence-electron chi connectivity index (χ1n) is 11.7. The quantitative estimate of drug-likeness (QED) is 0.371. The third-order valence-electron chi connectivity index (χ3n) is 5.82. The molecule has 0 radical (unpaired) electrons. The van der Waals surface area contributed by atoms with Crippen molar-refractivity contribution in [1.82, 2.24) is 4.57 Å². The van der Waals surface area contributed by atoms with E-state index < -0.39 is 12.0 Å². The van der Waals surface area contributed by atoms with Crippen LogP contribution in [0, 0.1) is 0 Å². The first-order chi connectivity index (χ1) is 17.8. The number of rotatable bonds is 8. The minimum Gasteiger partial charge on any atom is -0.496 e. The maximum atomic E-state index is 13.9. The zero-order valence-electron chi connectivity index (χ0n) is 21.2. The number of fused-ring (bicyclic) bond motifs is 1. The third-order valence-corrected chi connectivity index (χ3v) is 7.49. The van der Waals surface area contributed by atoms with Gasteiger partial charge >= 0.3 is 5.97 Å². The van der Waals surface area contributed by atoms with Gasteiger partial charge in [0.15, 0.2) is 16.3 Å². The van der Waals surface area contributed by atoms with Crippen LogP contribution >= 0.6 is 27.3 Å². The van der Waals surface area contributed by atoms with Crippen LogP contribution in [0.15, 0.2) is 61.9 Å². The minimum absolute atomic E-state index is 0.189. The number of esters is 1. The number of hydrogen-bond acceptors (Lipinski definition) is 8. The van der Waals surface area contributed by atoms with E-state index in [1.165, 1.54) is 15.9 Å². The summed E-state index contributed by atoms with van der Waals surface area (Å²) >= 11 is 4.88. The van der Waals surface area contributed by atoms with Gasteiger partial charge in [-0.1, -0.05) is 45.5 Å². The van der Waals surface area contributed by atoms with E-state index in [-0.39, 0.29) is 17.7 Å². The van der Waals surface area contributed by atoms with Crippen molar-refractivity contribution in [3.05, 3.63) is 83.0 Å². The van der Waals surface area contributed by atoms with E-state index in [4.69, 9.17) is 18.9 Å². The van der Waals surface area contributed by atoms with Crippen molar-refractivity contribution < 1.29 is 23.7 Å². The maximum Gasteiger partial charge on any atom is 0.338 e. The fourth-order valence-electron chi connectivity index (χ4n) is 4.20. The molecule has 37 heavy (non-hydrogen) atoms. The molecule has 0 aliphatic carbocycles. The normalized spacial score (nSPS) is 15.2. The molecule has 1 aliphatic heterocycles. The Morgan fingerprint density at radius 1 is 1.11 bits per heavy atom. The van der Waals surface area contributed by atoms with Gasteiger partial charge in [-0.15, -0.1) is 0 Å². The van der Waals surface area contributed by atoms with Crippen molar-refractivity contribution in [2.75, 3.05) is 27.4 Å². The first-order valence-corrected chi connectivity index (χ1v) is 13.3. The summed E-state index contributed by atoms with van der Waals surface area (Å²) in [5.41, 5.74) is 1.88. The summed E-state index contributed by atoms with van der Waals surface area (Å²) < 4.78 is 24.8. The highest BCUT2D eigenvalue weighted by Gasteiger charge is 2.35. The van der Waals surface area contributed by atoms with Gasteiger partial charge in [-0.05, 0) is 50.6 Å². The summed E-state index contributed by atoms with van der Waals surface area (Å²) in [6.07, 6.45) is 1.77. The number of ether oxygens (including phenoxy) is 4. The van der Waals surface area contributed by atoms with Gasteiger partial charge in [-0.3, -0.25) is 9.36 Å². The molecule has 0 N–H and O–H groups in total. The Hall–Kier alpha value is -3.37. The number of carbonyl (C=O) groups is 1. The lowest BCUT2D eigenvalue weighted by atomic mass is 9.95. The topological polar surface area (TPSA) is 88.4 Å². The zero-order chi connectivity index (χ0) is 26.7. The summed E-state index contributed by atoms with van der Waals surface area (Å²) in [6, 6.07) is 10.2. The van der Waals surface area contributed by atoms with Crippen LogP contribution in [0.2, 0.25) is 0 Å². The van der Waals surface area contributed by atoms with Gasteiger partial charge in [0, 0.05) is 10.0 Å². The summed E-state index contributed by atoms with van der Waals surface area (Å²) in [5, 5.41) is 0. The molecule has 0 spiro atoms. The number of aromatic nitrogens is 1. The molecule has 3 aromatic rings.